The number of alkyl halides is 3. The van der Waals surface area contributed by atoms with Gasteiger partial charge in [0.05, 0.1) is 24.9 Å². The van der Waals surface area contributed by atoms with Crippen molar-refractivity contribution in [2.24, 2.45) is 0 Å². The summed E-state index contributed by atoms with van der Waals surface area (Å²) < 4.78 is 49.6. The number of hydrogen-bond donors (Lipinski definition) is 1. The van der Waals surface area contributed by atoms with Crippen LogP contribution in [0.3, 0.4) is 0 Å². The smallest absolute Gasteiger partial charge is 0.419 e. The molecule has 0 aliphatic carbocycles. The molecule has 1 aromatic carbocycles. The van der Waals surface area contributed by atoms with Gasteiger partial charge in [-0.25, -0.2) is 0 Å². The number of nitrogens with zero attached hydrogens (tertiary/aromatic N) is 2. The molecule has 10 heteroatoms. The van der Waals surface area contributed by atoms with Crippen molar-refractivity contribution in [2.75, 3.05) is 13.7 Å². The topological polar surface area (TPSA) is 84.7 Å². The Balaban J connectivity index is 1.67. The normalized spacial score (nSPS) is 17.4. The Morgan fingerprint density at radius 3 is 2.68 bits per heavy atom. The summed E-state index contributed by atoms with van der Waals surface area (Å²) in [6.45, 7) is 4.37. The van der Waals surface area contributed by atoms with Gasteiger partial charge >= 0.3 is 6.18 Å². The van der Waals surface area contributed by atoms with Crippen LogP contribution in [-0.2, 0) is 17.5 Å². The van der Waals surface area contributed by atoms with Crippen molar-refractivity contribution in [3.8, 4) is 5.75 Å². The fraction of sp³-hybridized carbons (Fsp3) is 0.476. The van der Waals surface area contributed by atoms with Gasteiger partial charge in [0.2, 0.25) is 5.91 Å². The van der Waals surface area contributed by atoms with Gasteiger partial charge in [0, 0.05) is 30.1 Å². The van der Waals surface area contributed by atoms with Crippen molar-refractivity contribution < 1.29 is 32.0 Å². The zero-order valence-electron chi connectivity index (χ0n) is 17.5. The fourth-order valence-electron chi connectivity index (χ4n) is 3.61. The quantitative estimate of drug-likeness (QED) is 0.769. The number of likely N-dealkylation sites (tertiary alicyclic amines) is 1. The molecule has 168 valence electrons. The molecule has 3 rings (SSSR count). The molecule has 1 unspecified atom stereocenters. The van der Waals surface area contributed by atoms with Crippen molar-refractivity contribution in [3.05, 3.63) is 46.3 Å². The third-order valence-corrected chi connectivity index (χ3v) is 5.44. The minimum Gasteiger partial charge on any atom is -0.496 e. The Hall–Kier alpha value is -3.04. The van der Waals surface area contributed by atoms with E-state index in [1.165, 1.54) is 6.07 Å². The van der Waals surface area contributed by atoms with Crippen molar-refractivity contribution in [1.82, 2.24) is 15.4 Å². The fourth-order valence-corrected chi connectivity index (χ4v) is 3.61. The molecular weight excluding hydrogens is 415 g/mol. The van der Waals surface area contributed by atoms with Gasteiger partial charge in [0.1, 0.15) is 11.5 Å². The van der Waals surface area contributed by atoms with Crippen LogP contribution in [0, 0.1) is 13.8 Å². The first-order valence-electron chi connectivity index (χ1n) is 9.85. The summed E-state index contributed by atoms with van der Waals surface area (Å²) in [5.41, 5.74) is 0.453. The number of methoxy groups -OCH3 is 1. The summed E-state index contributed by atoms with van der Waals surface area (Å²) >= 11 is 0. The minimum absolute atomic E-state index is 0.0550. The van der Waals surface area contributed by atoms with E-state index in [0.717, 1.165) is 30.5 Å². The first-order valence-corrected chi connectivity index (χ1v) is 9.85. The summed E-state index contributed by atoms with van der Waals surface area (Å²) in [6.07, 6.45) is -3.52. The highest BCUT2D eigenvalue weighted by molar-refractivity contribution is 5.95. The van der Waals surface area contributed by atoms with E-state index in [4.69, 9.17) is 9.26 Å². The molecule has 1 aliphatic heterocycles. The van der Waals surface area contributed by atoms with Gasteiger partial charge in [-0.2, -0.15) is 13.2 Å². The second kappa shape index (κ2) is 8.99. The lowest BCUT2D eigenvalue weighted by Gasteiger charge is -2.21. The van der Waals surface area contributed by atoms with Gasteiger partial charge in [0.15, 0.2) is 0 Å². The van der Waals surface area contributed by atoms with Crippen molar-refractivity contribution in [2.45, 2.75) is 51.9 Å². The van der Waals surface area contributed by atoms with E-state index in [9.17, 15) is 22.8 Å². The lowest BCUT2D eigenvalue weighted by atomic mass is 10.1. The number of amides is 2. The van der Waals surface area contributed by atoms with Crippen LogP contribution in [-0.4, -0.2) is 41.6 Å². The highest BCUT2D eigenvalue weighted by Gasteiger charge is 2.35. The molecule has 2 amide bonds. The van der Waals surface area contributed by atoms with E-state index >= 15 is 0 Å². The van der Waals surface area contributed by atoms with Gasteiger partial charge in [-0.15, -0.1) is 0 Å². The number of benzene rings is 1. The van der Waals surface area contributed by atoms with Gasteiger partial charge in [0.25, 0.3) is 5.91 Å². The number of nitrogens with one attached hydrogen (secondary N) is 1. The number of aryl methyl sites for hydroxylation is 2. The van der Waals surface area contributed by atoms with Crippen LogP contribution < -0.4 is 10.1 Å². The van der Waals surface area contributed by atoms with Crippen molar-refractivity contribution in [1.29, 1.82) is 0 Å². The largest absolute Gasteiger partial charge is 0.496 e. The molecule has 0 saturated carbocycles. The second-order valence-electron chi connectivity index (χ2n) is 7.53. The van der Waals surface area contributed by atoms with E-state index in [1.807, 2.05) is 0 Å². The van der Waals surface area contributed by atoms with Crippen LogP contribution in [0.5, 0.6) is 5.75 Å². The molecule has 1 atom stereocenters. The van der Waals surface area contributed by atoms with E-state index in [2.05, 4.69) is 10.5 Å². The van der Waals surface area contributed by atoms with Gasteiger partial charge in [-0.1, -0.05) is 5.16 Å². The number of carbonyl (C=O) groups is 2. The standard InChI is InChI=1S/C21H24F3N3O4/c1-12-16(13(2)31-26-12)11-27-9-8-15(5-7-19(27)28)25-20(29)14-4-6-18(30-3)17(10-14)21(22,23)24/h4,6,10,15H,5,7-9,11H2,1-3H3,(H,25,29). The zero-order chi connectivity index (χ0) is 22.8. The highest BCUT2D eigenvalue weighted by Crippen LogP contribution is 2.36. The molecule has 2 aromatic rings. The molecule has 1 N–H and O–H groups in total. The number of rotatable bonds is 5. The predicted octanol–water partition coefficient (Wildman–Crippen LogP) is 3.63. The Labute approximate surface area is 177 Å². The maximum Gasteiger partial charge on any atom is 0.419 e. The number of ether oxygens (including phenoxy) is 1. The first-order chi connectivity index (χ1) is 14.6. The highest BCUT2D eigenvalue weighted by atomic mass is 19.4. The predicted molar refractivity (Wildman–Crippen MR) is 104 cm³/mol. The van der Waals surface area contributed by atoms with Crippen LogP contribution >= 0.6 is 0 Å². The molecule has 1 aromatic heterocycles. The van der Waals surface area contributed by atoms with E-state index in [0.29, 0.717) is 31.7 Å². The van der Waals surface area contributed by atoms with Crippen molar-refractivity contribution >= 4 is 11.8 Å². The molecule has 1 aliphatic rings. The molecular formula is C21H24F3N3O4. The Morgan fingerprint density at radius 1 is 1.32 bits per heavy atom. The van der Waals surface area contributed by atoms with Crippen LogP contribution in [0.1, 0.15) is 52.2 Å². The third-order valence-electron chi connectivity index (χ3n) is 5.44. The summed E-state index contributed by atoms with van der Waals surface area (Å²) in [7, 11) is 1.14. The molecule has 1 saturated heterocycles. The van der Waals surface area contributed by atoms with Gasteiger partial charge < -0.3 is 19.5 Å². The lowest BCUT2D eigenvalue weighted by molar-refractivity contribution is -0.138. The number of halogens is 3. The Bertz CT molecular complexity index is 952. The number of carbonyl (C=O) groups excluding carboxylic acids is 2. The van der Waals surface area contributed by atoms with E-state index < -0.39 is 17.6 Å². The Kier molecular flexibility index (Phi) is 6.56. The van der Waals surface area contributed by atoms with Gasteiger partial charge in [-0.05, 0) is 44.9 Å². The average Bonchev–Trinajstić information content (AvgIpc) is 2.93. The average molecular weight is 439 g/mol. The maximum absolute atomic E-state index is 13.2. The zero-order valence-corrected chi connectivity index (χ0v) is 17.5. The molecule has 2 heterocycles. The third kappa shape index (κ3) is 5.18. The van der Waals surface area contributed by atoms with Crippen LogP contribution in [0.15, 0.2) is 22.7 Å². The SMILES string of the molecule is COc1ccc(C(=O)NC2CCC(=O)N(Cc3c(C)noc3C)CC2)cc1C(F)(F)F. The lowest BCUT2D eigenvalue weighted by Crippen LogP contribution is -2.36. The maximum atomic E-state index is 13.2. The van der Waals surface area contributed by atoms with Crippen LogP contribution in [0.2, 0.25) is 0 Å². The molecule has 31 heavy (non-hydrogen) atoms. The number of hydrogen-bond acceptors (Lipinski definition) is 5. The minimum atomic E-state index is -4.64. The van der Waals surface area contributed by atoms with E-state index in [1.54, 1.807) is 18.7 Å². The molecule has 1 fully saturated rings. The summed E-state index contributed by atoms with van der Waals surface area (Å²) in [6, 6.07) is 2.86. The summed E-state index contributed by atoms with van der Waals surface area (Å²) in [5, 5.41) is 6.65. The monoisotopic (exact) mass is 439 g/mol. The molecule has 0 spiro atoms. The van der Waals surface area contributed by atoms with Crippen molar-refractivity contribution in [3.63, 3.8) is 0 Å². The van der Waals surface area contributed by atoms with Gasteiger partial charge in [-0.3, -0.25) is 9.59 Å². The second-order valence-corrected chi connectivity index (χ2v) is 7.53. The first kappa shape index (κ1) is 22.6. The molecule has 0 radical (unpaired) electrons. The summed E-state index contributed by atoms with van der Waals surface area (Å²) in [5.74, 6) is -0.371. The number of aromatic nitrogens is 1. The van der Waals surface area contributed by atoms with Crippen LogP contribution in [0.25, 0.3) is 0 Å². The van der Waals surface area contributed by atoms with E-state index in [-0.39, 0.29) is 29.7 Å². The molecule has 0 bridgehead atoms. The molecule has 7 nitrogen and oxygen atoms in total. The summed E-state index contributed by atoms with van der Waals surface area (Å²) in [4.78, 5) is 26.8. The Morgan fingerprint density at radius 2 is 2.06 bits per heavy atom. The van der Waals surface area contributed by atoms with Crippen LogP contribution in [0.4, 0.5) is 13.2 Å².